The Hall–Kier alpha value is -3.46. The largest absolute Gasteiger partial charge is 0.479 e. The SMILES string of the molecule is COc1nc(N[C@H]2CCN(S(C)(=O)=O)C[C@H]2F)nn2ccc(-c3ccc(N=N)c(NCC(F)F)c3)c12. The molecule has 11 nitrogen and oxygen atoms in total. The molecule has 1 saturated heterocycles. The first kappa shape index (κ1) is 25.6. The van der Waals surface area contributed by atoms with Crippen LogP contribution in [0.5, 0.6) is 5.88 Å². The minimum Gasteiger partial charge on any atom is -0.479 e. The first-order chi connectivity index (χ1) is 17.1. The van der Waals surface area contributed by atoms with E-state index in [1.165, 1.54) is 17.7 Å². The lowest BCUT2D eigenvalue weighted by atomic mass is 10.1. The molecule has 1 fully saturated rings. The monoisotopic (exact) mass is 526 g/mol. The molecule has 0 spiro atoms. The van der Waals surface area contributed by atoms with Gasteiger partial charge in [0.25, 0.3) is 6.43 Å². The van der Waals surface area contributed by atoms with Crippen molar-refractivity contribution in [1.82, 2.24) is 18.9 Å². The van der Waals surface area contributed by atoms with Crippen LogP contribution < -0.4 is 15.4 Å². The van der Waals surface area contributed by atoms with E-state index in [2.05, 4.69) is 25.8 Å². The van der Waals surface area contributed by atoms with Gasteiger partial charge in [0.2, 0.25) is 21.9 Å². The molecule has 2 aromatic heterocycles. The molecule has 0 amide bonds. The molecule has 15 heteroatoms. The van der Waals surface area contributed by atoms with E-state index >= 15 is 0 Å². The molecule has 0 aliphatic carbocycles. The number of piperidine rings is 1. The molecule has 2 atom stereocenters. The third kappa shape index (κ3) is 5.36. The molecule has 36 heavy (non-hydrogen) atoms. The van der Waals surface area contributed by atoms with E-state index in [9.17, 15) is 21.6 Å². The van der Waals surface area contributed by atoms with Crippen LogP contribution in [-0.2, 0) is 10.0 Å². The van der Waals surface area contributed by atoms with Gasteiger partial charge in [0.15, 0.2) is 0 Å². The molecule has 3 aromatic rings. The second kappa shape index (κ2) is 10.3. The lowest BCUT2D eigenvalue weighted by molar-refractivity contribution is 0.163. The zero-order chi connectivity index (χ0) is 26.0. The second-order valence-corrected chi connectivity index (χ2v) is 10.2. The molecule has 1 aromatic carbocycles. The number of hydrogen-bond acceptors (Lipinski definition) is 9. The maximum atomic E-state index is 14.7. The van der Waals surface area contributed by atoms with Crippen molar-refractivity contribution in [3.8, 4) is 17.0 Å². The molecule has 3 N–H and O–H groups in total. The molecule has 3 heterocycles. The number of hydrogen-bond donors (Lipinski definition) is 3. The van der Waals surface area contributed by atoms with Gasteiger partial charge in [-0.2, -0.15) is 14.4 Å². The zero-order valence-corrected chi connectivity index (χ0v) is 20.3. The smallest absolute Gasteiger partial charge is 0.255 e. The van der Waals surface area contributed by atoms with E-state index in [0.717, 1.165) is 10.6 Å². The average Bonchev–Trinajstić information content (AvgIpc) is 3.26. The number of nitrogens with zero attached hydrogens (tertiary/aromatic N) is 5. The van der Waals surface area contributed by atoms with Crippen LogP contribution in [0.3, 0.4) is 0 Å². The van der Waals surface area contributed by atoms with Gasteiger partial charge in [-0.15, -0.1) is 5.10 Å². The first-order valence-electron chi connectivity index (χ1n) is 10.9. The summed E-state index contributed by atoms with van der Waals surface area (Å²) in [6, 6.07) is 5.87. The highest BCUT2D eigenvalue weighted by Gasteiger charge is 2.34. The zero-order valence-electron chi connectivity index (χ0n) is 19.5. The van der Waals surface area contributed by atoms with E-state index in [0.29, 0.717) is 16.6 Å². The van der Waals surface area contributed by atoms with Crippen molar-refractivity contribution in [3.63, 3.8) is 0 Å². The van der Waals surface area contributed by atoms with Crippen LogP contribution in [0.2, 0.25) is 0 Å². The molecule has 1 aliphatic rings. The number of sulfonamides is 1. The maximum absolute atomic E-state index is 14.7. The van der Waals surface area contributed by atoms with Crippen molar-refractivity contribution in [2.75, 3.05) is 43.6 Å². The van der Waals surface area contributed by atoms with Crippen molar-refractivity contribution in [2.45, 2.75) is 25.1 Å². The third-order valence-electron chi connectivity index (χ3n) is 5.83. The highest BCUT2D eigenvalue weighted by molar-refractivity contribution is 7.88. The summed E-state index contributed by atoms with van der Waals surface area (Å²) in [7, 11) is -2.06. The number of anilines is 2. The van der Waals surface area contributed by atoms with Gasteiger partial charge in [-0.1, -0.05) is 6.07 Å². The molecule has 0 bridgehead atoms. The number of fused-ring (bicyclic) bond motifs is 1. The predicted molar refractivity (Wildman–Crippen MR) is 128 cm³/mol. The van der Waals surface area contributed by atoms with E-state index in [4.69, 9.17) is 10.3 Å². The number of ether oxygens (including phenoxy) is 1. The van der Waals surface area contributed by atoms with Crippen molar-refractivity contribution in [3.05, 3.63) is 30.5 Å². The quantitative estimate of drug-likeness (QED) is 0.363. The molecule has 0 radical (unpaired) electrons. The van der Waals surface area contributed by atoms with Crippen LogP contribution in [0.4, 0.5) is 30.5 Å². The first-order valence-corrected chi connectivity index (χ1v) is 12.8. The maximum Gasteiger partial charge on any atom is 0.255 e. The molecule has 0 unspecified atom stereocenters. The van der Waals surface area contributed by atoms with E-state index in [-0.39, 0.29) is 42.7 Å². The summed E-state index contributed by atoms with van der Waals surface area (Å²) in [5, 5.41) is 13.3. The van der Waals surface area contributed by atoms with Crippen LogP contribution in [0, 0.1) is 5.53 Å². The normalized spacial score (nSPS) is 18.9. The topological polar surface area (TPSA) is 137 Å². The average molecular weight is 527 g/mol. The number of aromatic nitrogens is 3. The molecule has 194 valence electrons. The minimum atomic E-state index is -3.48. The van der Waals surface area contributed by atoms with Crippen LogP contribution in [0.1, 0.15) is 6.42 Å². The fourth-order valence-electron chi connectivity index (χ4n) is 4.06. The van der Waals surface area contributed by atoms with Crippen LogP contribution in [0.15, 0.2) is 35.6 Å². The van der Waals surface area contributed by atoms with Crippen molar-refractivity contribution >= 4 is 32.9 Å². The Balaban J connectivity index is 1.63. The Morgan fingerprint density at radius 2 is 2.11 bits per heavy atom. The van der Waals surface area contributed by atoms with Gasteiger partial charge in [0.1, 0.15) is 17.4 Å². The number of nitrogens with one attached hydrogen (secondary N) is 3. The molecule has 4 rings (SSSR count). The summed E-state index contributed by atoms with van der Waals surface area (Å²) in [6.45, 7) is -0.679. The van der Waals surface area contributed by atoms with Crippen molar-refractivity contribution in [1.29, 1.82) is 5.53 Å². The van der Waals surface area contributed by atoms with Gasteiger partial charge in [0.05, 0.1) is 31.6 Å². The van der Waals surface area contributed by atoms with Gasteiger partial charge in [0, 0.05) is 24.8 Å². The summed E-state index contributed by atoms with van der Waals surface area (Å²) in [5.74, 6) is 0.289. The highest BCUT2D eigenvalue weighted by atomic mass is 32.2. The fraction of sp³-hybridized carbons (Fsp3) is 0.429. The van der Waals surface area contributed by atoms with Crippen LogP contribution in [0.25, 0.3) is 16.6 Å². The standard InChI is InChI=1S/C21H25F3N8O3S/c1-35-20-19-13(12-3-4-16(29-25)17(9-12)26-10-18(23)24)5-8-32(19)30-21(28-20)27-15-6-7-31(11-14(15)22)36(2,33)34/h3-5,8-9,14-15,18,25-26H,6-7,10-11H2,1-2H3,(H,27,30)/t14-,15+/m1/s1. The summed E-state index contributed by atoms with van der Waals surface area (Å²) >= 11 is 0. The molecular formula is C21H25F3N8O3S. The second-order valence-electron chi connectivity index (χ2n) is 8.26. The number of halogens is 3. The molecule has 1 aliphatic heterocycles. The number of rotatable bonds is 9. The Kier molecular flexibility index (Phi) is 7.31. The summed E-state index contributed by atoms with van der Waals surface area (Å²) in [6.07, 6.45) is -1.11. The predicted octanol–water partition coefficient (Wildman–Crippen LogP) is 3.53. The van der Waals surface area contributed by atoms with Crippen molar-refractivity contribution in [2.24, 2.45) is 5.11 Å². The molecular weight excluding hydrogens is 501 g/mol. The summed E-state index contributed by atoms with van der Waals surface area (Å²) in [4.78, 5) is 4.36. The van der Waals surface area contributed by atoms with E-state index in [1.807, 2.05) is 0 Å². The van der Waals surface area contributed by atoms with Gasteiger partial charge < -0.3 is 15.4 Å². The van der Waals surface area contributed by atoms with Crippen LogP contribution in [-0.4, -0.2) is 79.0 Å². The lowest BCUT2D eigenvalue weighted by Crippen LogP contribution is -2.49. The van der Waals surface area contributed by atoms with E-state index in [1.54, 1.807) is 24.4 Å². The summed E-state index contributed by atoms with van der Waals surface area (Å²) < 4.78 is 71.6. The van der Waals surface area contributed by atoms with Gasteiger partial charge >= 0.3 is 0 Å². The number of methoxy groups -OCH3 is 1. The van der Waals surface area contributed by atoms with Crippen molar-refractivity contribution < 1.29 is 26.3 Å². The Bertz CT molecular complexity index is 1370. The number of alkyl halides is 3. The van der Waals surface area contributed by atoms with E-state index < -0.39 is 35.2 Å². The number of benzene rings is 1. The highest BCUT2D eigenvalue weighted by Crippen LogP contribution is 2.36. The lowest BCUT2D eigenvalue weighted by Gasteiger charge is -2.33. The van der Waals surface area contributed by atoms with Gasteiger partial charge in [-0.25, -0.2) is 31.6 Å². The van der Waals surface area contributed by atoms with Gasteiger partial charge in [-0.3, -0.25) is 0 Å². The Morgan fingerprint density at radius 1 is 1.33 bits per heavy atom. The Morgan fingerprint density at radius 3 is 2.75 bits per heavy atom. The molecule has 0 saturated carbocycles. The van der Waals surface area contributed by atoms with Crippen LogP contribution >= 0.6 is 0 Å². The summed E-state index contributed by atoms with van der Waals surface area (Å²) in [5.41, 5.74) is 9.52. The van der Waals surface area contributed by atoms with Gasteiger partial charge in [-0.05, 0) is 30.2 Å². The third-order valence-corrected chi connectivity index (χ3v) is 7.10. The Labute approximate surface area is 205 Å². The fourth-order valence-corrected chi connectivity index (χ4v) is 4.92. The minimum absolute atomic E-state index is 0.101.